The number of nitrogens with two attached hydrogens (primary N) is 1. The van der Waals surface area contributed by atoms with E-state index in [2.05, 4.69) is 0 Å². The number of aliphatic carboxylic acids is 1. The molecule has 0 aliphatic heterocycles. The van der Waals surface area contributed by atoms with Gasteiger partial charge in [0.15, 0.2) is 0 Å². The highest BCUT2D eigenvalue weighted by Gasteiger charge is 2.47. The van der Waals surface area contributed by atoms with E-state index in [0.717, 1.165) is 0 Å². The SMILES string of the molecule is Cl.N[C@@H]1CC(F)(F)C[C@@H]1C(=O)O. The predicted octanol–water partition coefficient (Wildman–Crippen LogP) is 0.865. The van der Waals surface area contributed by atoms with Gasteiger partial charge in [-0.25, -0.2) is 8.78 Å². The molecule has 3 N–H and O–H groups in total. The third kappa shape index (κ3) is 2.28. The van der Waals surface area contributed by atoms with Gasteiger partial charge in [-0.2, -0.15) is 0 Å². The highest BCUT2D eigenvalue weighted by atomic mass is 35.5. The summed E-state index contributed by atoms with van der Waals surface area (Å²) >= 11 is 0. The van der Waals surface area contributed by atoms with Crippen LogP contribution in [-0.2, 0) is 4.79 Å². The van der Waals surface area contributed by atoms with Crippen LogP contribution in [-0.4, -0.2) is 23.0 Å². The normalized spacial score (nSPS) is 32.6. The van der Waals surface area contributed by atoms with Gasteiger partial charge < -0.3 is 10.8 Å². The van der Waals surface area contributed by atoms with Gasteiger partial charge in [-0.15, -0.1) is 12.4 Å². The summed E-state index contributed by atoms with van der Waals surface area (Å²) in [4.78, 5) is 10.3. The van der Waals surface area contributed by atoms with Crippen LogP contribution in [0.4, 0.5) is 8.78 Å². The number of hydrogen-bond donors (Lipinski definition) is 2. The first kappa shape index (κ1) is 11.6. The Morgan fingerprint density at radius 3 is 2.17 bits per heavy atom. The van der Waals surface area contributed by atoms with Crippen LogP contribution in [0, 0.1) is 5.92 Å². The average Bonchev–Trinajstić information content (AvgIpc) is 2.05. The first-order chi connectivity index (χ1) is 4.92. The Hall–Kier alpha value is -0.420. The van der Waals surface area contributed by atoms with E-state index < -0.39 is 36.7 Å². The molecule has 2 atom stereocenters. The van der Waals surface area contributed by atoms with E-state index in [0.29, 0.717) is 0 Å². The van der Waals surface area contributed by atoms with E-state index in [1.54, 1.807) is 0 Å². The van der Waals surface area contributed by atoms with Crippen molar-refractivity contribution in [3.63, 3.8) is 0 Å². The average molecular weight is 202 g/mol. The Morgan fingerprint density at radius 2 is 2.00 bits per heavy atom. The maximum Gasteiger partial charge on any atom is 0.308 e. The number of carbonyl (C=O) groups is 1. The molecule has 0 aromatic carbocycles. The zero-order valence-corrected chi connectivity index (χ0v) is 6.98. The Labute approximate surface area is 74.3 Å². The van der Waals surface area contributed by atoms with Crippen LogP contribution in [0.5, 0.6) is 0 Å². The molecule has 0 heterocycles. The minimum Gasteiger partial charge on any atom is -0.481 e. The van der Waals surface area contributed by atoms with Crippen molar-refractivity contribution in [3.8, 4) is 0 Å². The third-order valence-corrected chi connectivity index (χ3v) is 1.89. The Morgan fingerprint density at radius 1 is 1.50 bits per heavy atom. The van der Waals surface area contributed by atoms with E-state index in [4.69, 9.17) is 10.8 Å². The van der Waals surface area contributed by atoms with Crippen LogP contribution in [0.2, 0.25) is 0 Å². The minimum atomic E-state index is -2.89. The zero-order chi connectivity index (χ0) is 8.65. The van der Waals surface area contributed by atoms with Gasteiger partial charge in [0.2, 0.25) is 0 Å². The summed E-state index contributed by atoms with van der Waals surface area (Å²) < 4.78 is 24.9. The van der Waals surface area contributed by atoms with Crippen molar-refractivity contribution >= 4 is 18.4 Å². The highest BCUT2D eigenvalue weighted by Crippen LogP contribution is 2.38. The van der Waals surface area contributed by atoms with E-state index in [1.807, 2.05) is 0 Å². The Kier molecular flexibility index (Phi) is 3.41. The molecule has 0 radical (unpaired) electrons. The maximum atomic E-state index is 12.5. The smallest absolute Gasteiger partial charge is 0.308 e. The molecule has 6 heteroatoms. The number of alkyl halides is 2. The lowest BCUT2D eigenvalue weighted by Crippen LogP contribution is -2.30. The summed E-state index contributed by atoms with van der Waals surface area (Å²) in [6.07, 6.45) is -1.13. The lowest BCUT2D eigenvalue weighted by atomic mass is 10.1. The quantitative estimate of drug-likeness (QED) is 0.662. The monoisotopic (exact) mass is 201 g/mol. The van der Waals surface area contributed by atoms with Crippen LogP contribution >= 0.6 is 12.4 Å². The summed E-state index contributed by atoms with van der Waals surface area (Å²) in [5.74, 6) is -5.19. The minimum absolute atomic E-state index is 0. The van der Waals surface area contributed by atoms with Gasteiger partial charge in [-0.3, -0.25) is 4.79 Å². The largest absolute Gasteiger partial charge is 0.481 e. The number of carboxylic acid groups (broad SMARTS) is 1. The van der Waals surface area contributed by atoms with Gasteiger partial charge in [0.25, 0.3) is 5.92 Å². The number of hydrogen-bond acceptors (Lipinski definition) is 2. The lowest BCUT2D eigenvalue weighted by Gasteiger charge is -2.06. The van der Waals surface area contributed by atoms with Crippen molar-refractivity contribution in [1.82, 2.24) is 0 Å². The van der Waals surface area contributed by atoms with Gasteiger partial charge in [-0.1, -0.05) is 0 Å². The predicted molar refractivity (Wildman–Crippen MR) is 40.5 cm³/mol. The fourth-order valence-corrected chi connectivity index (χ4v) is 1.31. The van der Waals surface area contributed by atoms with Crippen molar-refractivity contribution in [3.05, 3.63) is 0 Å². The molecule has 1 saturated carbocycles. The van der Waals surface area contributed by atoms with Crippen LogP contribution in [0.3, 0.4) is 0 Å². The molecule has 0 bridgehead atoms. The van der Waals surface area contributed by atoms with E-state index in [-0.39, 0.29) is 12.4 Å². The summed E-state index contributed by atoms with van der Waals surface area (Å²) in [5, 5.41) is 8.40. The zero-order valence-electron chi connectivity index (χ0n) is 6.17. The summed E-state index contributed by atoms with van der Waals surface area (Å²) in [6.45, 7) is 0. The standard InChI is InChI=1S/C6H9F2NO2.ClH/c7-6(8)1-3(5(10)11)4(9)2-6;/h3-4H,1-2,9H2,(H,10,11);1H/t3-,4+;/m0./s1. The van der Waals surface area contributed by atoms with Crippen LogP contribution in [0.15, 0.2) is 0 Å². The van der Waals surface area contributed by atoms with Gasteiger partial charge in [0, 0.05) is 18.9 Å². The second-order valence-corrected chi connectivity index (χ2v) is 2.87. The topological polar surface area (TPSA) is 63.3 Å². The number of rotatable bonds is 1. The number of halogens is 3. The molecule has 0 aromatic heterocycles. The third-order valence-electron chi connectivity index (χ3n) is 1.89. The van der Waals surface area contributed by atoms with Crippen LogP contribution < -0.4 is 5.73 Å². The molecule has 0 saturated heterocycles. The molecule has 1 fully saturated rings. The van der Waals surface area contributed by atoms with Gasteiger partial charge in [0.1, 0.15) is 0 Å². The molecular weight excluding hydrogens is 192 g/mol. The van der Waals surface area contributed by atoms with Crippen molar-refractivity contribution < 1.29 is 18.7 Å². The first-order valence-electron chi connectivity index (χ1n) is 3.28. The summed E-state index contributed by atoms with van der Waals surface area (Å²) in [6, 6.07) is -0.900. The molecular formula is C6H10ClF2NO2. The van der Waals surface area contributed by atoms with Gasteiger partial charge in [-0.05, 0) is 0 Å². The first-order valence-corrected chi connectivity index (χ1v) is 3.28. The van der Waals surface area contributed by atoms with Crippen LogP contribution in [0.1, 0.15) is 12.8 Å². The van der Waals surface area contributed by atoms with E-state index in [9.17, 15) is 13.6 Å². The van der Waals surface area contributed by atoms with Gasteiger partial charge in [0.05, 0.1) is 5.92 Å². The summed E-state index contributed by atoms with van der Waals surface area (Å²) in [7, 11) is 0. The lowest BCUT2D eigenvalue weighted by molar-refractivity contribution is -0.142. The summed E-state index contributed by atoms with van der Waals surface area (Å²) in [5.41, 5.74) is 5.19. The van der Waals surface area contributed by atoms with Gasteiger partial charge >= 0.3 is 5.97 Å². The highest BCUT2D eigenvalue weighted by molar-refractivity contribution is 5.85. The van der Waals surface area contributed by atoms with E-state index in [1.165, 1.54) is 0 Å². The molecule has 1 rings (SSSR count). The van der Waals surface area contributed by atoms with Crippen molar-refractivity contribution in [1.29, 1.82) is 0 Å². The number of carboxylic acids is 1. The Bertz CT molecular complexity index is 188. The fraction of sp³-hybridized carbons (Fsp3) is 0.833. The van der Waals surface area contributed by atoms with E-state index >= 15 is 0 Å². The molecule has 72 valence electrons. The van der Waals surface area contributed by atoms with Crippen molar-refractivity contribution in [2.45, 2.75) is 24.8 Å². The molecule has 1 aliphatic carbocycles. The fourth-order valence-electron chi connectivity index (χ4n) is 1.31. The van der Waals surface area contributed by atoms with Crippen LogP contribution in [0.25, 0.3) is 0 Å². The second kappa shape index (κ2) is 3.53. The molecule has 12 heavy (non-hydrogen) atoms. The van der Waals surface area contributed by atoms with Crippen molar-refractivity contribution in [2.75, 3.05) is 0 Å². The second-order valence-electron chi connectivity index (χ2n) is 2.87. The molecule has 3 nitrogen and oxygen atoms in total. The Balaban J connectivity index is 0.00000121. The molecule has 1 aliphatic rings. The maximum absolute atomic E-state index is 12.5. The molecule has 0 aromatic rings. The molecule has 0 unspecified atom stereocenters. The van der Waals surface area contributed by atoms with Crippen molar-refractivity contribution in [2.24, 2.45) is 11.7 Å². The molecule has 0 spiro atoms. The molecule has 0 amide bonds.